The van der Waals surface area contributed by atoms with Crippen LogP contribution >= 0.6 is 0 Å². The third-order valence-corrected chi connectivity index (χ3v) is 3.85. The zero-order valence-corrected chi connectivity index (χ0v) is 12.5. The Labute approximate surface area is 121 Å². The van der Waals surface area contributed by atoms with E-state index in [-0.39, 0.29) is 5.16 Å². The largest absolute Gasteiger partial charge is 0.395 e. The molecule has 0 saturated carbocycles. The zero-order chi connectivity index (χ0) is 16.3. The van der Waals surface area contributed by atoms with E-state index in [1.165, 1.54) is 4.57 Å². The van der Waals surface area contributed by atoms with E-state index < -0.39 is 32.6 Å². The number of aryl methyl sites for hydroxylation is 1. The number of aromatic nitrogens is 2. The maximum absolute atomic E-state index is 10.9. The molecule has 2 rings (SSSR count). The summed E-state index contributed by atoms with van der Waals surface area (Å²) in [7, 11) is -6.63. The van der Waals surface area contributed by atoms with Crippen LogP contribution in [0.3, 0.4) is 0 Å². The first kappa shape index (κ1) is 17.5. The molecule has 0 amide bonds. The van der Waals surface area contributed by atoms with E-state index in [0.29, 0.717) is 11.0 Å². The number of para-hydroxylation sites is 2. The van der Waals surface area contributed by atoms with Crippen LogP contribution in [0.5, 0.6) is 0 Å². The van der Waals surface area contributed by atoms with Crippen LogP contribution in [0.2, 0.25) is 0 Å². The molecule has 3 N–H and O–H groups in total. The smallest absolute Gasteiger partial charge is 0.328 e. The van der Waals surface area contributed by atoms with E-state index in [1.54, 1.807) is 31.3 Å². The quantitative estimate of drug-likeness (QED) is 0.646. The number of rotatable bonds is 3. The van der Waals surface area contributed by atoms with Gasteiger partial charge in [-0.15, -0.1) is 0 Å². The highest BCUT2D eigenvalue weighted by atomic mass is 32.2. The average molecular weight is 338 g/mol. The fourth-order valence-electron chi connectivity index (χ4n) is 1.47. The van der Waals surface area contributed by atoms with Gasteiger partial charge in [-0.2, -0.15) is 16.8 Å². The van der Waals surface area contributed by atoms with E-state index in [0.717, 1.165) is 0 Å². The lowest BCUT2D eigenvalue weighted by atomic mass is 10.3. The summed E-state index contributed by atoms with van der Waals surface area (Å²) in [6.45, 7) is -0.529. The van der Waals surface area contributed by atoms with Gasteiger partial charge in [-0.25, -0.2) is 4.98 Å². The molecule has 11 heteroatoms. The summed E-state index contributed by atoms with van der Waals surface area (Å²) in [4.78, 5) is 3.81. The molecule has 2 aromatic rings. The van der Waals surface area contributed by atoms with Gasteiger partial charge in [0.15, 0.2) is 0 Å². The number of aliphatic hydroxyl groups is 1. The predicted molar refractivity (Wildman–Crippen MR) is 74.0 cm³/mol. The Bertz CT molecular complexity index is 824. The minimum absolute atomic E-state index is 0.335. The van der Waals surface area contributed by atoms with Crippen molar-refractivity contribution in [1.29, 1.82) is 0 Å². The second-order valence-corrected chi connectivity index (χ2v) is 6.81. The Kier molecular flexibility index (Phi) is 5.42. The van der Waals surface area contributed by atoms with Gasteiger partial charge in [-0.3, -0.25) is 9.11 Å². The molecule has 118 valence electrons. The highest BCUT2D eigenvalue weighted by molar-refractivity contribution is 7.86. The maximum Gasteiger partial charge on any atom is 0.328 e. The van der Waals surface area contributed by atoms with Crippen LogP contribution in [0.25, 0.3) is 11.0 Å². The minimum Gasteiger partial charge on any atom is -0.395 e. The number of aliphatic hydroxyl groups excluding tert-OH is 1. The fraction of sp³-hybridized carbons (Fsp3) is 0.300. The SMILES string of the molecule is Cn1c(S(=O)(=O)O)nc2ccccc21.O=S(=O)(O)CCO. The van der Waals surface area contributed by atoms with Crippen LogP contribution < -0.4 is 0 Å². The molecule has 0 bridgehead atoms. The van der Waals surface area contributed by atoms with Crippen molar-refractivity contribution in [3.05, 3.63) is 24.3 Å². The van der Waals surface area contributed by atoms with Crippen LogP contribution in [-0.2, 0) is 27.3 Å². The monoisotopic (exact) mass is 338 g/mol. The van der Waals surface area contributed by atoms with Crippen molar-refractivity contribution in [1.82, 2.24) is 9.55 Å². The summed E-state index contributed by atoms with van der Waals surface area (Å²) in [5.74, 6) is -0.576. The molecule has 0 saturated heterocycles. The molecule has 0 unspecified atom stereocenters. The Balaban J connectivity index is 0.000000270. The summed E-state index contributed by atoms with van der Waals surface area (Å²) >= 11 is 0. The lowest BCUT2D eigenvalue weighted by Gasteiger charge is -1.96. The van der Waals surface area contributed by atoms with E-state index >= 15 is 0 Å². The molecule has 1 heterocycles. The number of benzene rings is 1. The first-order valence-electron chi connectivity index (χ1n) is 5.51. The molecule has 0 spiro atoms. The van der Waals surface area contributed by atoms with Gasteiger partial charge in [0, 0.05) is 7.05 Å². The lowest BCUT2D eigenvalue weighted by Crippen LogP contribution is -2.06. The van der Waals surface area contributed by atoms with Gasteiger partial charge >= 0.3 is 10.1 Å². The first-order valence-corrected chi connectivity index (χ1v) is 8.56. The minimum atomic E-state index is -4.24. The molecule has 1 aromatic carbocycles. The van der Waals surface area contributed by atoms with Gasteiger partial charge in [-0.05, 0) is 12.1 Å². The van der Waals surface area contributed by atoms with Crippen molar-refractivity contribution in [3.8, 4) is 0 Å². The Hall–Kier alpha value is -1.53. The number of hydrogen-bond acceptors (Lipinski definition) is 6. The van der Waals surface area contributed by atoms with E-state index in [1.807, 2.05) is 0 Å². The van der Waals surface area contributed by atoms with Crippen molar-refractivity contribution >= 4 is 31.3 Å². The Morgan fingerprint density at radius 3 is 2.10 bits per heavy atom. The van der Waals surface area contributed by atoms with Crippen molar-refractivity contribution in [3.63, 3.8) is 0 Å². The van der Waals surface area contributed by atoms with Crippen LogP contribution in [0.1, 0.15) is 0 Å². The molecule has 1 aromatic heterocycles. The van der Waals surface area contributed by atoms with E-state index in [4.69, 9.17) is 14.2 Å². The standard InChI is InChI=1S/C8H8N2O3S.C2H6O4S/c1-10-7-5-3-2-4-6(7)9-8(10)14(11,12)13;3-1-2-7(4,5)6/h2-5H,1H3,(H,11,12,13);3H,1-2H2,(H,4,5,6). The van der Waals surface area contributed by atoms with Gasteiger partial charge in [0.25, 0.3) is 15.3 Å². The highest BCUT2D eigenvalue weighted by Gasteiger charge is 2.18. The van der Waals surface area contributed by atoms with E-state index in [9.17, 15) is 16.8 Å². The molecule has 0 fully saturated rings. The van der Waals surface area contributed by atoms with Gasteiger partial charge in [-0.1, -0.05) is 12.1 Å². The molecule has 0 atom stereocenters. The van der Waals surface area contributed by atoms with Gasteiger partial charge in [0.2, 0.25) is 0 Å². The fourth-order valence-corrected chi connectivity index (χ4v) is 2.36. The number of hydrogen-bond donors (Lipinski definition) is 3. The van der Waals surface area contributed by atoms with Crippen molar-refractivity contribution < 1.29 is 31.0 Å². The zero-order valence-electron chi connectivity index (χ0n) is 10.9. The second kappa shape index (κ2) is 6.49. The van der Waals surface area contributed by atoms with Crippen molar-refractivity contribution in [2.24, 2.45) is 7.05 Å². The van der Waals surface area contributed by atoms with Gasteiger partial charge in [0.05, 0.1) is 23.4 Å². The summed E-state index contributed by atoms with van der Waals surface area (Å²) in [5, 5.41) is 7.53. The molecule has 21 heavy (non-hydrogen) atoms. The normalized spacial score (nSPS) is 12.0. The molecular weight excluding hydrogens is 324 g/mol. The van der Waals surface area contributed by atoms with Gasteiger partial charge < -0.3 is 9.67 Å². The average Bonchev–Trinajstić information content (AvgIpc) is 2.67. The number of imidazole rings is 1. The van der Waals surface area contributed by atoms with E-state index in [2.05, 4.69) is 4.98 Å². The lowest BCUT2D eigenvalue weighted by molar-refractivity contribution is 0.315. The number of fused-ring (bicyclic) bond motifs is 1. The summed E-state index contributed by atoms with van der Waals surface area (Å²) < 4.78 is 59.1. The Morgan fingerprint density at radius 2 is 1.71 bits per heavy atom. The van der Waals surface area contributed by atoms with Crippen LogP contribution in [-0.4, -0.2) is 53.0 Å². The summed E-state index contributed by atoms with van der Waals surface area (Å²) in [5.41, 5.74) is 1.21. The summed E-state index contributed by atoms with van der Waals surface area (Å²) in [6, 6.07) is 6.95. The van der Waals surface area contributed by atoms with Gasteiger partial charge in [0.1, 0.15) is 0 Å². The van der Waals surface area contributed by atoms with Crippen molar-refractivity contribution in [2.45, 2.75) is 5.16 Å². The first-order chi connectivity index (χ1) is 9.56. The van der Waals surface area contributed by atoms with Crippen molar-refractivity contribution in [2.75, 3.05) is 12.4 Å². The maximum atomic E-state index is 10.9. The summed E-state index contributed by atoms with van der Waals surface area (Å²) in [6.07, 6.45) is 0. The predicted octanol–water partition coefficient (Wildman–Crippen LogP) is -0.314. The highest BCUT2D eigenvalue weighted by Crippen LogP contribution is 2.16. The molecule has 9 nitrogen and oxygen atoms in total. The molecule has 0 aliphatic carbocycles. The van der Waals surface area contributed by atoms with Crippen LogP contribution in [0.4, 0.5) is 0 Å². The number of nitrogens with zero attached hydrogens (tertiary/aromatic N) is 2. The van der Waals surface area contributed by atoms with Crippen LogP contribution in [0.15, 0.2) is 29.4 Å². The molecule has 0 aliphatic heterocycles. The van der Waals surface area contributed by atoms with Crippen LogP contribution in [0, 0.1) is 0 Å². The molecule has 0 radical (unpaired) electrons. The second-order valence-electron chi connectivity index (χ2n) is 3.93. The molecular formula is C10H14N2O7S2. The Morgan fingerprint density at radius 1 is 1.14 bits per heavy atom. The topological polar surface area (TPSA) is 147 Å². The molecule has 0 aliphatic rings. The third kappa shape index (κ3) is 5.06. The third-order valence-electron chi connectivity index (χ3n) is 2.33.